The van der Waals surface area contributed by atoms with Crippen molar-refractivity contribution in [2.45, 2.75) is 19.3 Å². The monoisotopic (exact) mass is 466 g/mol. The molecule has 170 valence electrons. The van der Waals surface area contributed by atoms with Gasteiger partial charge in [0.1, 0.15) is 12.3 Å². The number of imide groups is 1. The molecule has 1 aliphatic heterocycles. The number of carbonyl (C=O) groups excluding carboxylic acids is 4. The molecule has 2 aliphatic carbocycles. The number of Topliss-reactive ketones (excluding diaryl/α,β-unsaturated/α-hetero) is 1. The Bertz CT molecular complexity index is 1140. The minimum atomic E-state index is -0.661. The van der Waals surface area contributed by atoms with E-state index in [1.54, 1.807) is 42.5 Å². The minimum absolute atomic E-state index is 0.123. The first kappa shape index (κ1) is 21.6. The SMILES string of the molecule is COc1cccc(C(=O)CN(C(=O)c2ccccc2Cl)N2C(=O)[C@H]3[C@H]4CC[C@@H](C4)[C@@H]3C2=O)c1. The summed E-state index contributed by atoms with van der Waals surface area (Å²) in [6.07, 6.45) is 2.71. The molecule has 3 fully saturated rings. The van der Waals surface area contributed by atoms with E-state index in [1.807, 2.05) is 0 Å². The van der Waals surface area contributed by atoms with Crippen molar-refractivity contribution in [1.29, 1.82) is 0 Å². The van der Waals surface area contributed by atoms with Crippen LogP contribution < -0.4 is 4.74 Å². The Hall–Kier alpha value is -3.19. The van der Waals surface area contributed by atoms with E-state index < -0.39 is 41.9 Å². The van der Waals surface area contributed by atoms with E-state index in [1.165, 1.54) is 13.2 Å². The van der Waals surface area contributed by atoms with Crippen molar-refractivity contribution in [3.05, 3.63) is 64.7 Å². The topological polar surface area (TPSA) is 84.0 Å². The van der Waals surface area contributed by atoms with E-state index in [9.17, 15) is 19.2 Å². The van der Waals surface area contributed by atoms with Gasteiger partial charge in [-0.2, -0.15) is 5.01 Å². The predicted octanol–water partition coefficient (Wildman–Crippen LogP) is 3.62. The van der Waals surface area contributed by atoms with Crippen LogP contribution in [0.2, 0.25) is 5.02 Å². The van der Waals surface area contributed by atoms with Gasteiger partial charge in [-0.25, -0.2) is 5.01 Å². The lowest BCUT2D eigenvalue weighted by Gasteiger charge is -2.31. The van der Waals surface area contributed by atoms with Crippen molar-refractivity contribution in [3.8, 4) is 5.75 Å². The summed E-state index contributed by atoms with van der Waals surface area (Å²) in [6.45, 7) is -0.469. The molecule has 8 heteroatoms. The Labute approximate surface area is 196 Å². The predicted molar refractivity (Wildman–Crippen MR) is 119 cm³/mol. The summed E-state index contributed by atoms with van der Waals surface area (Å²) < 4.78 is 5.19. The lowest BCUT2D eigenvalue weighted by atomic mass is 9.81. The maximum atomic E-state index is 13.6. The van der Waals surface area contributed by atoms with E-state index >= 15 is 0 Å². The number of hydrazine groups is 1. The van der Waals surface area contributed by atoms with Crippen LogP contribution in [0.4, 0.5) is 0 Å². The summed E-state index contributed by atoms with van der Waals surface area (Å²) in [4.78, 5) is 53.5. The van der Waals surface area contributed by atoms with Gasteiger partial charge in [0.15, 0.2) is 5.78 Å². The maximum Gasteiger partial charge on any atom is 0.274 e. The lowest BCUT2D eigenvalue weighted by Crippen LogP contribution is -2.52. The van der Waals surface area contributed by atoms with E-state index in [0.29, 0.717) is 11.3 Å². The number of benzene rings is 2. The smallest absolute Gasteiger partial charge is 0.274 e. The van der Waals surface area contributed by atoms with Crippen LogP contribution in [0.15, 0.2) is 48.5 Å². The standard InChI is InChI=1S/C25H23ClN2O5/c1-33-17-6-4-5-14(12-17)20(29)13-27(23(30)18-7-2-3-8-19(18)26)28-24(31)21-15-9-10-16(11-15)22(21)25(28)32/h2-8,12,15-16,21-22H,9-11,13H2,1H3/t15-,16-,21-,22-/m0/s1. The second-order valence-corrected chi connectivity index (χ2v) is 9.28. The largest absolute Gasteiger partial charge is 0.497 e. The first-order valence-corrected chi connectivity index (χ1v) is 11.4. The zero-order valence-electron chi connectivity index (χ0n) is 18.1. The second-order valence-electron chi connectivity index (χ2n) is 8.87. The average Bonchev–Trinajstić information content (AvgIpc) is 3.51. The Morgan fingerprint density at radius 1 is 1.03 bits per heavy atom. The molecule has 3 aliphatic rings. The van der Waals surface area contributed by atoms with Crippen LogP contribution in [0.5, 0.6) is 5.75 Å². The maximum absolute atomic E-state index is 13.6. The quantitative estimate of drug-likeness (QED) is 0.479. The van der Waals surface area contributed by atoms with Gasteiger partial charge in [0.2, 0.25) is 0 Å². The van der Waals surface area contributed by atoms with Gasteiger partial charge in [0.05, 0.1) is 29.5 Å². The van der Waals surface area contributed by atoms with Gasteiger partial charge in [-0.3, -0.25) is 19.2 Å². The number of methoxy groups -OCH3 is 1. The second kappa shape index (κ2) is 8.30. The third kappa shape index (κ3) is 3.51. The Morgan fingerprint density at radius 2 is 1.70 bits per heavy atom. The Kier molecular flexibility index (Phi) is 5.44. The third-order valence-electron chi connectivity index (χ3n) is 7.17. The molecule has 5 rings (SSSR count). The molecule has 2 aromatic rings. The number of nitrogens with zero attached hydrogens (tertiary/aromatic N) is 2. The van der Waals surface area contributed by atoms with Crippen LogP contribution in [0.1, 0.15) is 40.0 Å². The van der Waals surface area contributed by atoms with Crippen molar-refractivity contribution >= 4 is 35.1 Å². The van der Waals surface area contributed by atoms with Crippen molar-refractivity contribution in [2.75, 3.05) is 13.7 Å². The zero-order valence-corrected chi connectivity index (χ0v) is 18.8. The van der Waals surface area contributed by atoms with E-state index in [-0.39, 0.29) is 22.4 Å². The molecular weight excluding hydrogens is 444 g/mol. The molecule has 0 N–H and O–H groups in total. The Morgan fingerprint density at radius 3 is 2.33 bits per heavy atom. The fourth-order valence-corrected chi connectivity index (χ4v) is 5.88. The van der Waals surface area contributed by atoms with Crippen molar-refractivity contribution in [3.63, 3.8) is 0 Å². The first-order valence-electron chi connectivity index (χ1n) is 11.0. The summed E-state index contributed by atoms with van der Waals surface area (Å²) in [5.41, 5.74) is 0.434. The number of halogens is 1. The van der Waals surface area contributed by atoms with Gasteiger partial charge in [0, 0.05) is 5.56 Å². The van der Waals surface area contributed by atoms with Crippen LogP contribution in [-0.4, -0.2) is 47.2 Å². The van der Waals surface area contributed by atoms with Gasteiger partial charge in [-0.1, -0.05) is 35.9 Å². The molecule has 0 unspecified atom stereocenters. The number of fused-ring (bicyclic) bond motifs is 5. The van der Waals surface area contributed by atoms with Crippen LogP contribution in [0, 0.1) is 23.7 Å². The van der Waals surface area contributed by atoms with Crippen molar-refractivity contribution in [2.24, 2.45) is 23.7 Å². The Balaban J connectivity index is 1.51. The summed E-state index contributed by atoms with van der Waals surface area (Å²) >= 11 is 6.25. The molecule has 3 amide bonds. The molecule has 7 nitrogen and oxygen atoms in total. The van der Waals surface area contributed by atoms with Crippen LogP contribution in [0.25, 0.3) is 0 Å². The fourth-order valence-electron chi connectivity index (χ4n) is 5.66. The summed E-state index contributed by atoms with van der Waals surface area (Å²) in [7, 11) is 1.49. The van der Waals surface area contributed by atoms with Crippen LogP contribution in [0.3, 0.4) is 0 Å². The highest BCUT2D eigenvalue weighted by Crippen LogP contribution is 2.56. The number of amides is 3. The van der Waals surface area contributed by atoms with Gasteiger partial charge < -0.3 is 4.74 Å². The molecule has 2 bridgehead atoms. The molecule has 4 atom stereocenters. The number of rotatable bonds is 6. The first-order chi connectivity index (χ1) is 15.9. The summed E-state index contributed by atoms with van der Waals surface area (Å²) in [5.74, 6) is -1.88. The molecule has 0 radical (unpaired) electrons. The summed E-state index contributed by atoms with van der Waals surface area (Å²) in [5, 5.41) is 2.08. The van der Waals surface area contributed by atoms with Crippen LogP contribution in [-0.2, 0) is 9.59 Å². The van der Waals surface area contributed by atoms with E-state index in [0.717, 1.165) is 29.3 Å². The molecule has 1 saturated heterocycles. The van der Waals surface area contributed by atoms with Gasteiger partial charge in [0.25, 0.3) is 17.7 Å². The third-order valence-corrected chi connectivity index (χ3v) is 7.50. The minimum Gasteiger partial charge on any atom is -0.497 e. The number of ketones is 1. The normalized spacial score (nSPS) is 25.3. The van der Waals surface area contributed by atoms with E-state index in [2.05, 4.69) is 0 Å². The van der Waals surface area contributed by atoms with E-state index in [4.69, 9.17) is 16.3 Å². The fraction of sp³-hybridized carbons (Fsp3) is 0.360. The number of hydrogen-bond donors (Lipinski definition) is 0. The molecule has 2 saturated carbocycles. The highest BCUT2D eigenvalue weighted by molar-refractivity contribution is 6.34. The van der Waals surface area contributed by atoms with Crippen molar-refractivity contribution < 1.29 is 23.9 Å². The number of carbonyl (C=O) groups is 4. The highest BCUT2D eigenvalue weighted by atomic mass is 35.5. The van der Waals surface area contributed by atoms with Gasteiger partial charge >= 0.3 is 0 Å². The molecule has 2 aromatic carbocycles. The molecule has 0 aromatic heterocycles. The molecular formula is C25H23ClN2O5. The number of hydrogen-bond acceptors (Lipinski definition) is 5. The molecule has 33 heavy (non-hydrogen) atoms. The molecule has 0 spiro atoms. The lowest BCUT2D eigenvalue weighted by molar-refractivity contribution is -0.154. The molecule has 1 heterocycles. The zero-order chi connectivity index (χ0) is 23.3. The number of ether oxygens (including phenoxy) is 1. The summed E-state index contributed by atoms with van der Waals surface area (Å²) in [6, 6.07) is 12.9. The van der Waals surface area contributed by atoms with Gasteiger partial charge in [-0.15, -0.1) is 0 Å². The highest BCUT2D eigenvalue weighted by Gasteiger charge is 2.62. The van der Waals surface area contributed by atoms with Crippen molar-refractivity contribution in [1.82, 2.24) is 10.0 Å². The average molecular weight is 467 g/mol. The van der Waals surface area contributed by atoms with Crippen LogP contribution >= 0.6 is 11.6 Å². The van der Waals surface area contributed by atoms with Gasteiger partial charge in [-0.05, 0) is 55.4 Å².